The largest absolute Gasteiger partial charge is 0.497 e. The summed E-state index contributed by atoms with van der Waals surface area (Å²) in [6.07, 6.45) is 3.30. The number of fused-ring (bicyclic) bond motifs is 1. The minimum Gasteiger partial charge on any atom is -0.497 e. The molecule has 1 aliphatic heterocycles. The van der Waals surface area contributed by atoms with E-state index in [9.17, 15) is 9.59 Å². The molecule has 0 fully saturated rings. The van der Waals surface area contributed by atoms with E-state index in [-0.39, 0.29) is 17.2 Å². The molecular weight excluding hydrogens is 470 g/mol. The number of aliphatic imine (C=N–C) groups is 1. The number of nitrogens with zero attached hydrogens (tertiary/aromatic N) is 3. The molecule has 3 aromatic carbocycles. The summed E-state index contributed by atoms with van der Waals surface area (Å²) >= 11 is 0. The van der Waals surface area contributed by atoms with Crippen LogP contribution in [0.15, 0.2) is 111 Å². The van der Waals surface area contributed by atoms with Crippen LogP contribution in [0.1, 0.15) is 11.1 Å². The fraction of sp³-hybridized carbons (Fsp3) is 0.0345. The number of benzene rings is 3. The first kappa shape index (κ1) is 22.2. The molecule has 0 spiro atoms. The van der Waals surface area contributed by atoms with Gasteiger partial charge in [-0.25, -0.2) is 19.3 Å². The summed E-state index contributed by atoms with van der Waals surface area (Å²) in [6.45, 7) is 0. The third kappa shape index (κ3) is 4.21. The van der Waals surface area contributed by atoms with Gasteiger partial charge in [0.1, 0.15) is 17.0 Å². The van der Waals surface area contributed by atoms with Gasteiger partial charge in [-0.2, -0.15) is 5.10 Å². The van der Waals surface area contributed by atoms with Gasteiger partial charge in [0.05, 0.1) is 18.4 Å². The lowest BCUT2D eigenvalue weighted by molar-refractivity contribution is -0.129. The molecule has 0 aliphatic carbocycles. The number of ether oxygens (including phenoxy) is 2. The third-order valence-corrected chi connectivity index (χ3v) is 5.91. The number of hydrogen-bond donors (Lipinski definition) is 0. The molecular formula is C29H19N3O5. The van der Waals surface area contributed by atoms with Gasteiger partial charge in [0.2, 0.25) is 5.90 Å². The molecule has 3 heterocycles. The molecule has 0 saturated carbocycles. The summed E-state index contributed by atoms with van der Waals surface area (Å²) < 4.78 is 17.8. The van der Waals surface area contributed by atoms with Crippen LogP contribution in [0, 0.1) is 0 Å². The summed E-state index contributed by atoms with van der Waals surface area (Å²) in [6, 6.07) is 25.5. The fourth-order valence-corrected chi connectivity index (χ4v) is 4.06. The Hall–Kier alpha value is -5.24. The van der Waals surface area contributed by atoms with Crippen molar-refractivity contribution in [1.29, 1.82) is 0 Å². The molecule has 0 atom stereocenters. The molecule has 8 heteroatoms. The maximum Gasteiger partial charge on any atom is 0.363 e. The molecule has 0 unspecified atom stereocenters. The minimum atomic E-state index is -0.602. The molecule has 0 amide bonds. The molecule has 0 radical (unpaired) electrons. The maximum atomic E-state index is 13.0. The standard InChI is InChI=1S/C29H19N3O5/c1-35-22-13-11-18(12-14-22)27-30-24(29(34)37-27)16-20-17-32(21-8-3-2-4-9-21)31-26(20)23-15-19-7-5-6-10-25(19)36-28(23)33/h2-17H,1H3/b24-16+. The van der Waals surface area contributed by atoms with Gasteiger partial charge in [0.15, 0.2) is 5.70 Å². The van der Waals surface area contributed by atoms with E-state index < -0.39 is 11.6 Å². The predicted molar refractivity (Wildman–Crippen MR) is 139 cm³/mol. The van der Waals surface area contributed by atoms with Crippen molar-refractivity contribution in [2.24, 2.45) is 4.99 Å². The van der Waals surface area contributed by atoms with Crippen molar-refractivity contribution in [3.63, 3.8) is 0 Å². The monoisotopic (exact) mass is 489 g/mol. The Kier molecular flexibility index (Phi) is 5.46. The highest BCUT2D eigenvalue weighted by Gasteiger charge is 2.26. The zero-order valence-electron chi connectivity index (χ0n) is 19.6. The number of esters is 1. The molecule has 2 aromatic heterocycles. The number of cyclic esters (lactones) is 1. The highest BCUT2D eigenvalue weighted by Crippen LogP contribution is 2.28. The molecule has 180 valence electrons. The zero-order chi connectivity index (χ0) is 25.4. The number of aromatic nitrogens is 2. The first-order valence-electron chi connectivity index (χ1n) is 11.4. The molecule has 5 aromatic rings. The van der Waals surface area contributed by atoms with Crippen LogP contribution in [0.2, 0.25) is 0 Å². The normalized spacial score (nSPS) is 14.1. The van der Waals surface area contributed by atoms with Crippen LogP contribution < -0.4 is 10.4 Å². The second-order valence-corrected chi connectivity index (χ2v) is 8.26. The second kappa shape index (κ2) is 9.09. The van der Waals surface area contributed by atoms with E-state index in [4.69, 9.17) is 13.9 Å². The summed E-state index contributed by atoms with van der Waals surface area (Å²) in [4.78, 5) is 30.1. The minimum absolute atomic E-state index is 0.0878. The molecule has 1 aliphatic rings. The Bertz CT molecular complexity index is 1760. The Balaban J connectivity index is 1.48. The fourth-order valence-electron chi connectivity index (χ4n) is 4.06. The lowest BCUT2D eigenvalue weighted by atomic mass is 10.1. The number of carbonyl (C=O) groups excluding carboxylic acids is 1. The Morgan fingerprint density at radius 2 is 1.68 bits per heavy atom. The maximum absolute atomic E-state index is 13.0. The first-order valence-corrected chi connectivity index (χ1v) is 11.4. The molecule has 6 rings (SSSR count). The van der Waals surface area contributed by atoms with Crippen LogP contribution in [-0.2, 0) is 9.53 Å². The van der Waals surface area contributed by atoms with Crippen LogP contribution in [0.25, 0.3) is 34.0 Å². The predicted octanol–water partition coefficient (Wildman–Crippen LogP) is 5.00. The first-order chi connectivity index (χ1) is 18.1. The Morgan fingerprint density at radius 1 is 0.919 bits per heavy atom. The van der Waals surface area contributed by atoms with Gasteiger partial charge in [0.25, 0.3) is 0 Å². The molecule has 0 bridgehead atoms. The summed E-state index contributed by atoms with van der Waals surface area (Å²) in [5.74, 6) is 0.257. The van der Waals surface area contributed by atoms with E-state index in [2.05, 4.69) is 10.1 Å². The van der Waals surface area contributed by atoms with E-state index in [1.54, 1.807) is 66.5 Å². The van der Waals surface area contributed by atoms with Crippen LogP contribution in [0.4, 0.5) is 0 Å². The summed E-state index contributed by atoms with van der Waals surface area (Å²) in [5.41, 5.74) is 2.59. The topological polar surface area (TPSA) is 95.9 Å². The van der Waals surface area contributed by atoms with Gasteiger partial charge < -0.3 is 13.9 Å². The van der Waals surface area contributed by atoms with Gasteiger partial charge in [-0.1, -0.05) is 36.4 Å². The molecule has 0 saturated heterocycles. The van der Waals surface area contributed by atoms with Crippen molar-refractivity contribution in [2.75, 3.05) is 7.11 Å². The number of carbonyl (C=O) groups is 1. The van der Waals surface area contributed by atoms with Crippen LogP contribution in [-0.4, -0.2) is 28.8 Å². The van der Waals surface area contributed by atoms with E-state index in [1.807, 2.05) is 42.5 Å². The van der Waals surface area contributed by atoms with Crippen molar-refractivity contribution in [3.8, 4) is 22.7 Å². The zero-order valence-corrected chi connectivity index (χ0v) is 19.6. The van der Waals surface area contributed by atoms with E-state index in [1.165, 1.54) is 0 Å². The van der Waals surface area contributed by atoms with Gasteiger partial charge in [0, 0.05) is 22.7 Å². The van der Waals surface area contributed by atoms with Crippen LogP contribution >= 0.6 is 0 Å². The Morgan fingerprint density at radius 3 is 2.46 bits per heavy atom. The average Bonchev–Trinajstić information content (AvgIpc) is 3.52. The highest BCUT2D eigenvalue weighted by atomic mass is 16.6. The number of rotatable bonds is 5. The van der Waals surface area contributed by atoms with Crippen LogP contribution in [0.3, 0.4) is 0 Å². The highest BCUT2D eigenvalue weighted by molar-refractivity contribution is 6.13. The molecule has 0 N–H and O–H groups in total. The average molecular weight is 489 g/mol. The van der Waals surface area contributed by atoms with E-state index >= 15 is 0 Å². The number of methoxy groups -OCH3 is 1. The van der Waals surface area contributed by atoms with Crippen molar-refractivity contribution in [3.05, 3.63) is 118 Å². The molecule has 37 heavy (non-hydrogen) atoms. The van der Waals surface area contributed by atoms with E-state index in [0.717, 1.165) is 11.1 Å². The van der Waals surface area contributed by atoms with Crippen molar-refractivity contribution < 1.29 is 18.7 Å². The Labute approximate surface area is 210 Å². The van der Waals surface area contributed by atoms with Gasteiger partial charge in [-0.3, -0.25) is 0 Å². The SMILES string of the molecule is COc1ccc(C2=N/C(=C/c3cn(-c4ccccc4)nc3-c3cc4ccccc4oc3=O)C(=O)O2)cc1. The smallest absolute Gasteiger partial charge is 0.363 e. The lowest BCUT2D eigenvalue weighted by Crippen LogP contribution is -2.05. The van der Waals surface area contributed by atoms with Crippen LogP contribution in [0.5, 0.6) is 5.75 Å². The van der Waals surface area contributed by atoms with Crippen molar-refractivity contribution >= 4 is 28.9 Å². The summed E-state index contributed by atoms with van der Waals surface area (Å²) in [7, 11) is 1.58. The van der Waals surface area contributed by atoms with E-state index in [0.29, 0.717) is 28.2 Å². The lowest BCUT2D eigenvalue weighted by Gasteiger charge is -2.01. The van der Waals surface area contributed by atoms with Crippen molar-refractivity contribution in [1.82, 2.24) is 9.78 Å². The van der Waals surface area contributed by atoms with Gasteiger partial charge >= 0.3 is 11.6 Å². The number of para-hydroxylation sites is 2. The second-order valence-electron chi connectivity index (χ2n) is 8.26. The third-order valence-electron chi connectivity index (χ3n) is 5.91. The van der Waals surface area contributed by atoms with Crippen molar-refractivity contribution in [2.45, 2.75) is 0 Å². The van der Waals surface area contributed by atoms with Gasteiger partial charge in [-0.15, -0.1) is 0 Å². The number of hydrogen-bond acceptors (Lipinski definition) is 7. The van der Waals surface area contributed by atoms with Gasteiger partial charge in [-0.05, 0) is 54.6 Å². The summed E-state index contributed by atoms with van der Waals surface area (Å²) in [5, 5.41) is 5.43. The quantitative estimate of drug-likeness (QED) is 0.196. The molecule has 8 nitrogen and oxygen atoms in total.